The highest BCUT2D eigenvalue weighted by Crippen LogP contribution is 2.22. The lowest BCUT2D eigenvalue weighted by Gasteiger charge is -2.10. The Hall–Kier alpha value is -2.60. The van der Waals surface area contributed by atoms with Gasteiger partial charge in [0.15, 0.2) is 13.2 Å². The van der Waals surface area contributed by atoms with Gasteiger partial charge in [-0.1, -0.05) is 29.3 Å². The number of aryl methyl sites for hydroxylation is 2. The number of amides is 1. The summed E-state index contributed by atoms with van der Waals surface area (Å²) in [5, 5.41) is 2.48. The largest absolute Gasteiger partial charge is 0.482 e. The van der Waals surface area contributed by atoms with E-state index in [9.17, 15) is 14.0 Å². The van der Waals surface area contributed by atoms with Crippen LogP contribution in [0.15, 0.2) is 36.4 Å². The number of hydrogen-bond donors (Lipinski definition) is 1. The Labute approximate surface area is 149 Å². The molecule has 0 heterocycles. The van der Waals surface area contributed by atoms with E-state index in [1.165, 1.54) is 6.07 Å². The molecule has 0 saturated carbocycles. The van der Waals surface area contributed by atoms with Crippen molar-refractivity contribution in [2.24, 2.45) is 0 Å². The topological polar surface area (TPSA) is 64.6 Å². The summed E-state index contributed by atoms with van der Waals surface area (Å²) < 4.78 is 23.1. The van der Waals surface area contributed by atoms with Gasteiger partial charge in [0.1, 0.15) is 11.6 Å². The van der Waals surface area contributed by atoms with Crippen LogP contribution >= 0.6 is 11.6 Å². The van der Waals surface area contributed by atoms with Gasteiger partial charge in [0.2, 0.25) is 0 Å². The Kier molecular flexibility index (Phi) is 6.36. The summed E-state index contributed by atoms with van der Waals surface area (Å²) in [5.41, 5.74) is 2.22. The van der Waals surface area contributed by atoms with Crippen LogP contribution in [0.1, 0.15) is 11.1 Å². The number of ether oxygens (including phenoxy) is 2. The molecular formula is C18H17ClFNO4. The molecule has 0 unspecified atom stereocenters. The first-order valence-corrected chi connectivity index (χ1v) is 7.83. The van der Waals surface area contributed by atoms with Crippen molar-refractivity contribution in [3.63, 3.8) is 0 Å². The van der Waals surface area contributed by atoms with Gasteiger partial charge in [-0.25, -0.2) is 9.18 Å². The second kappa shape index (κ2) is 8.48. The van der Waals surface area contributed by atoms with Crippen LogP contribution in [0.25, 0.3) is 0 Å². The highest BCUT2D eigenvalue weighted by Gasteiger charge is 2.11. The number of benzene rings is 2. The number of anilines is 1. The summed E-state index contributed by atoms with van der Waals surface area (Å²) in [7, 11) is 0. The fourth-order valence-electron chi connectivity index (χ4n) is 2.06. The summed E-state index contributed by atoms with van der Waals surface area (Å²) in [4.78, 5) is 23.4. The smallest absolute Gasteiger partial charge is 0.344 e. The monoisotopic (exact) mass is 365 g/mol. The molecule has 0 aliphatic rings. The van der Waals surface area contributed by atoms with Crippen LogP contribution in [0.5, 0.6) is 5.75 Å². The van der Waals surface area contributed by atoms with Crippen LogP contribution in [0.3, 0.4) is 0 Å². The molecule has 0 bridgehead atoms. The van der Waals surface area contributed by atoms with Crippen LogP contribution in [-0.2, 0) is 14.3 Å². The summed E-state index contributed by atoms with van der Waals surface area (Å²) in [6, 6.07) is 9.11. The molecule has 0 atom stereocenters. The molecule has 0 aromatic heterocycles. The molecule has 1 amide bonds. The van der Waals surface area contributed by atoms with Gasteiger partial charge < -0.3 is 14.8 Å². The van der Waals surface area contributed by atoms with E-state index >= 15 is 0 Å². The van der Waals surface area contributed by atoms with Crippen molar-refractivity contribution in [3.8, 4) is 5.75 Å². The summed E-state index contributed by atoms with van der Waals surface area (Å²) >= 11 is 5.80. The van der Waals surface area contributed by atoms with Crippen LogP contribution in [0.2, 0.25) is 5.02 Å². The fraction of sp³-hybridized carbons (Fsp3) is 0.222. The van der Waals surface area contributed by atoms with Gasteiger partial charge in [-0.05, 0) is 43.7 Å². The van der Waals surface area contributed by atoms with Crippen molar-refractivity contribution in [2.75, 3.05) is 18.5 Å². The normalized spacial score (nSPS) is 10.2. The Morgan fingerprint density at radius 1 is 1.12 bits per heavy atom. The lowest BCUT2D eigenvalue weighted by molar-refractivity contribution is -0.149. The summed E-state index contributed by atoms with van der Waals surface area (Å²) in [6.45, 7) is 3.02. The average molecular weight is 366 g/mol. The van der Waals surface area contributed by atoms with Crippen molar-refractivity contribution >= 4 is 29.2 Å². The minimum absolute atomic E-state index is 0.0536. The van der Waals surface area contributed by atoms with Gasteiger partial charge in [-0.3, -0.25) is 4.79 Å². The van der Waals surface area contributed by atoms with E-state index in [2.05, 4.69) is 5.32 Å². The number of carbonyl (C=O) groups is 2. The molecular weight excluding hydrogens is 349 g/mol. The highest BCUT2D eigenvalue weighted by atomic mass is 35.5. The molecule has 2 aromatic carbocycles. The zero-order valence-corrected chi connectivity index (χ0v) is 14.5. The van der Waals surface area contributed by atoms with Gasteiger partial charge >= 0.3 is 5.97 Å². The number of carbonyl (C=O) groups excluding carboxylic acids is 2. The number of halogens is 2. The van der Waals surface area contributed by atoms with E-state index in [0.717, 1.165) is 23.3 Å². The first-order chi connectivity index (χ1) is 11.8. The molecule has 0 radical (unpaired) electrons. The highest BCUT2D eigenvalue weighted by molar-refractivity contribution is 6.33. The van der Waals surface area contributed by atoms with Crippen molar-refractivity contribution in [1.29, 1.82) is 0 Å². The molecule has 7 heteroatoms. The van der Waals surface area contributed by atoms with Crippen molar-refractivity contribution in [1.82, 2.24) is 0 Å². The third kappa shape index (κ3) is 5.76. The fourth-order valence-corrected chi connectivity index (χ4v) is 2.28. The number of rotatable bonds is 6. The predicted octanol–water partition coefficient (Wildman–Crippen LogP) is 3.66. The van der Waals surface area contributed by atoms with Crippen molar-refractivity contribution in [2.45, 2.75) is 13.8 Å². The van der Waals surface area contributed by atoms with Gasteiger partial charge in [0.05, 0.1) is 10.7 Å². The summed E-state index contributed by atoms with van der Waals surface area (Å²) in [5.74, 6) is -1.21. The molecule has 5 nitrogen and oxygen atoms in total. The van der Waals surface area contributed by atoms with E-state index in [1.807, 2.05) is 26.0 Å². The van der Waals surface area contributed by atoms with E-state index in [0.29, 0.717) is 5.75 Å². The first kappa shape index (κ1) is 18.7. The molecule has 25 heavy (non-hydrogen) atoms. The molecule has 0 spiro atoms. The number of nitrogens with one attached hydrogen (secondary N) is 1. The zero-order valence-electron chi connectivity index (χ0n) is 13.8. The Morgan fingerprint density at radius 3 is 2.56 bits per heavy atom. The molecule has 0 aliphatic carbocycles. The third-order valence-electron chi connectivity index (χ3n) is 3.25. The van der Waals surface area contributed by atoms with Crippen LogP contribution < -0.4 is 10.1 Å². The van der Waals surface area contributed by atoms with E-state index in [4.69, 9.17) is 21.1 Å². The Balaban J connectivity index is 1.78. The Morgan fingerprint density at radius 2 is 1.88 bits per heavy atom. The Bertz CT molecular complexity index is 795. The predicted molar refractivity (Wildman–Crippen MR) is 92.4 cm³/mol. The van der Waals surface area contributed by atoms with E-state index < -0.39 is 24.3 Å². The van der Waals surface area contributed by atoms with E-state index in [-0.39, 0.29) is 17.3 Å². The third-order valence-corrected chi connectivity index (χ3v) is 3.56. The van der Waals surface area contributed by atoms with E-state index in [1.54, 1.807) is 6.07 Å². The van der Waals surface area contributed by atoms with Crippen molar-refractivity contribution in [3.05, 3.63) is 58.4 Å². The minimum Gasteiger partial charge on any atom is -0.482 e. The molecule has 0 fully saturated rings. The standard InChI is InChI=1S/C18H17ClFNO4/c1-11-3-6-16(12(2)7-11)24-10-18(23)25-9-17(22)21-15-5-4-13(20)8-14(15)19/h3-8H,9-10H2,1-2H3,(H,21,22). The zero-order chi connectivity index (χ0) is 18.4. The molecule has 0 saturated heterocycles. The van der Waals surface area contributed by atoms with Crippen LogP contribution in [-0.4, -0.2) is 25.1 Å². The minimum atomic E-state index is -0.680. The lowest BCUT2D eigenvalue weighted by Crippen LogP contribution is -2.23. The quantitative estimate of drug-likeness (QED) is 0.793. The molecule has 1 N–H and O–H groups in total. The van der Waals surface area contributed by atoms with Crippen LogP contribution in [0.4, 0.5) is 10.1 Å². The molecule has 0 aliphatic heterocycles. The van der Waals surface area contributed by atoms with Crippen molar-refractivity contribution < 1.29 is 23.5 Å². The first-order valence-electron chi connectivity index (χ1n) is 7.45. The maximum absolute atomic E-state index is 12.9. The maximum atomic E-state index is 12.9. The van der Waals surface area contributed by atoms with Gasteiger partial charge in [0, 0.05) is 0 Å². The molecule has 2 aromatic rings. The van der Waals surface area contributed by atoms with Gasteiger partial charge in [0.25, 0.3) is 5.91 Å². The van der Waals surface area contributed by atoms with Gasteiger partial charge in [-0.2, -0.15) is 0 Å². The molecule has 2 rings (SSSR count). The van der Waals surface area contributed by atoms with Gasteiger partial charge in [-0.15, -0.1) is 0 Å². The van der Waals surface area contributed by atoms with Crippen LogP contribution in [0, 0.1) is 19.7 Å². The maximum Gasteiger partial charge on any atom is 0.344 e. The summed E-state index contributed by atoms with van der Waals surface area (Å²) in [6.07, 6.45) is 0. The second-order valence-electron chi connectivity index (χ2n) is 5.39. The lowest BCUT2D eigenvalue weighted by atomic mass is 10.1. The average Bonchev–Trinajstić information content (AvgIpc) is 2.55. The second-order valence-corrected chi connectivity index (χ2v) is 5.80. The molecule has 132 valence electrons. The SMILES string of the molecule is Cc1ccc(OCC(=O)OCC(=O)Nc2ccc(F)cc2Cl)c(C)c1. The number of hydrogen-bond acceptors (Lipinski definition) is 4. The number of esters is 1.